The van der Waals surface area contributed by atoms with Crippen molar-refractivity contribution in [3.05, 3.63) is 56.8 Å². The van der Waals surface area contributed by atoms with Gasteiger partial charge in [0.1, 0.15) is 5.15 Å². The van der Waals surface area contributed by atoms with Crippen LogP contribution in [0.3, 0.4) is 0 Å². The number of pyridine rings is 1. The average molecular weight is 384 g/mol. The zero-order chi connectivity index (χ0) is 16.3. The van der Waals surface area contributed by atoms with Crippen LogP contribution in [0.1, 0.15) is 34.6 Å². The average Bonchev–Trinajstić information content (AvgIpc) is 2.47. The van der Waals surface area contributed by atoms with Crippen LogP contribution in [0.5, 0.6) is 0 Å². The van der Waals surface area contributed by atoms with E-state index in [0.717, 1.165) is 15.6 Å². The van der Waals surface area contributed by atoms with E-state index in [1.807, 2.05) is 26.0 Å². The van der Waals surface area contributed by atoms with Gasteiger partial charge in [0.25, 0.3) is 0 Å². The van der Waals surface area contributed by atoms with Crippen molar-refractivity contribution >= 4 is 39.2 Å². The summed E-state index contributed by atoms with van der Waals surface area (Å²) in [6.07, 6.45) is 0. The third-order valence-electron chi connectivity index (χ3n) is 3.18. The highest BCUT2D eigenvalue weighted by molar-refractivity contribution is 9.10. The second kappa shape index (κ2) is 7.11. The lowest BCUT2D eigenvalue weighted by molar-refractivity contribution is 0.0595. The summed E-state index contributed by atoms with van der Waals surface area (Å²) in [6.45, 7) is 4.04. The van der Waals surface area contributed by atoms with E-state index < -0.39 is 5.97 Å². The number of aryl methyl sites for hydroxylation is 1. The van der Waals surface area contributed by atoms with Gasteiger partial charge in [-0.05, 0) is 49.2 Å². The van der Waals surface area contributed by atoms with Gasteiger partial charge in [-0.3, -0.25) is 0 Å². The molecule has 2 aromatic rings. The number of benzene rings is 1. The summed E-state index contributed by atoms with van der Waals surface area (Å²) < 4.78 is 5.76. The number of aromatic nitrogens is 1. The van der Waals surface area contributed by atoms with Gasteiger partial charge in [0.05, 0.1) is 12.8 Å². The van der Waals surface area contributed by atoms with Gasteiger partial charge in [-0.15, -0.1) is 0 Å². The molecule has 2 rings (SSSR count). The Hall–Kier alpha value is -1.59. The minimum atomic E-state index is -0.525. The highest BCUT2D eigenvalue weighted by Gasteiger charge is 2.17. The fourth-order valence-corrected chi connectivity index (χ4v) is 2.91. The number of hydrogen-bond donors (Lipinski definition) is 1. The molecule has 116 valence electrons. The van der Waals surface area contributed by atoms with Crippen LogP contribution in [0.15, 0.2) is 34.8 Å². The number of anilines is 1. The Balaban J connectivity index is 2.31. The van der Waals surface area contributed by atoms with Crippen molar-refractivity contribution in [2.24, 2.45) is 0 Å². The summed E-state index contributed by atoms with van der Waals surface area (Å²) >= 11 is 9.35. The summed E-state index contributed by atoms with van der Waals surface area (Å²) in [5, 5.41) is 3.53. The Morgan fingerprint density at radius 1 is 1.36 bits per heavy atom. The van der Waals surface area contributed by atoms with E-state index in [-0.39, 0.29) is 16.9 Å². The van der Waals surface area contributed by atoms with Gasteiger partial charge >= 0.3 is 5.97 Å². The second-order valence-electron chi connectivity index (χ2n) is 4.95. The first-order chi connectivity index (χ1) is 10.4. The molecule has 6 heteroatoms. The lowest BCUT2D eigenvalue weighted by Gasteiger charge is -2.18. The Kier molecular flexibility index (Phi) is 5.42. The molecule has 0 saturated carbocycles. The van der Waals surface area contributed by atoms with Crippen LogP contribution in [-0.2, 0) is 4.74 Å². The molecule has 0 aliphatic rings. The fourth-order valence-electron chi connectivity index (χ4n) is 2.14. The molecular formula is C16H16BrClN2O2. The van der Waals surface area contributed by atoms with Crippen molar-refractivity contribution in [3.63, 3.8) is 0 Å². The molecule has 0 aliphatic carbocycles. The van der Waals surface area contributed by atoms with E-state index in [0.29, 0.717) is 5.69 Å². The number of esters is 1. The molecule has 4 nitrogen and oxygen atoms in total. The van der Waals surface area contributed by atoms with Gasteiger partial charge in [0.15, 0.2) is 5.69 Å². The number of methoxy groups -OCH3 is 1. The van der Waals surface area contributed by atoms with Crippen molar-refractivity contribution in [3.8, 4) is 0 Å². The van der Waals surface area contributed by atoms with E-state index in [9.17, 15) is 4.79 Å². The first kappa shape index (κ1) is 16.8. The Labute approximate surface area is 143 Å². The van der Waals surface area contributed by atoms with Crippen molar-refractivity contribution < 1.29 is 9.53 Å². The van der Waals surface area contributed by atoms with Gasteiger partial charge in [-0.25, -0.2) is 9.78 Å². The third-order valence-corrected chi connectivity index (χ3v) is 3.84. The second-order valence-corrected chi connectivity index (χ2v) is 6.25. The minimum absolute atomic E-state index is 0.0115. The molecule has 0 bridgehead atoms. The largest absolute Gasteiger partial charge is 0.464 e. The summed E-state index contributed by atoms with van der Waals surface area (Å²) in [4.78, 5) is 15.9. The summed E-state index contributed by atoms with van der Waals surface area (Å²) in [5.74, 6) is -0.525. The summed E-state index contributed by atoms with van der Waals surface area (Å²) in [7, 11) is 1.32. The van der Waals surface area contributed by atoms with Crippen LogP contribution in [0.25, 0.3) is 0 Å². The van der Waals surface area contributed by atoms with Gasteiger partial charge in [0, 0.05) is 10.5 Å². The SMILES string of the molecule is COC(=O)c1nc(Cl)ccc1N[C@H](C)c1cc(C)cc(Br)c1. The molecule has 0 aliphatic heterocycles. The minimum Gasteiger partial charge on any atom is -0.464 e. The van der Waals surface area contributed by atoms with E-state index in [4.69, 9.17) is 16.3 Å². The quantitative estimate of drug-likeness (QED) is 0.610. The first-order valence-electron chi connectivity index (χ1n) is 6.69. The summed E-state index contributed by atoms with van der Waals surface area (Å²) in [6, 6.07) is 9.51. The first-order valence-corrected chi connectivity index (χ1v) is 7.86. The van der Waals surface area contributed by atoms with Crippen LogP contribution in [-0.4, -0.2) is 18.1 Å². The number of halogens is 2. The summed E-state index contributed by atoms with van der Waals surface area (Å²) in [5.41, 5.74) is 3.01. The molecule has 0 saturated heterocycles. The standard InChI is InChI=1S/C16H16BrClN2O2/c1-9-6-11(8-12(17)7-9)10(2)19-13-4-5-14(18)20-15(13)16(21)22-3/h4-8,10,19H,1-3H3/t10-/m1/s1. The number of rotatable bonds is 4. The van der Waals surface area contributed by atoms with Crippen molar-refractivity contribution in [1.29, 1.82) is 0 Å². The number of carbonyl (C=O) groups is 1. The van der Waals surface area contributed by atoms with Crippen molar-refractivity contribution in [2.45, 2.75) is 19.9 Å². The molecule has 1 aromatic carbocycles. The van der Waals surface area contributed by atoms with Gasteiger partial charge in [0.2, 0.25) is 0 Å². The maximum atomic E-state index is 11.8. The monoisotopic (exact) mass is 382 g/mol. The topological polar surface area (TPSA) is 51.2 Å². The lowest BCUT2D eigenvalue weighted by atomic mass is 10.1. The molecule has 22 heavy (non-hydrogen) atoms. The molecule has 1 N–H and O–H groups in total. The van der Waals surface area contributed by atoms with Crippen LogP contribution in [0.4, 0.5) is 5.69 Å². The van der Waals surface area contributed by atoms with Gasteiger partial charge < -0.3 is 10.1 Å². The molecule has 1 aromatic heterocycles. The third kappa shape index (κ3) is 3.99. The Bertz CT molecular complexity index is 686. The highest BCUT2D eigenvalue weighted by Crippen LogP contribution is 2.26. The van der Waals surface area contributed by atoms with Gasteiger partial charge in [-0.2, -0.15) is 0 Å². The van der Waals surface area contributed by atoms with E-state index in [1.165, 1.54) is 7.11 Å². The molecule has 0 radical (unpaired) electrons. The smallest absolute Gasteiger partial charge is 0.358 e. The molecule has 1 atom stereocenters. The predicted octanol–water partition coefficient (Wildman–Crippen LogP) is 4.77. The maximum Gasteiger partial charge on any atom is 0.358 e. The van der Waals surface area contributed by atoms with E-state index in [1.54, 1.807) is 12.1 Å². The maximum absolute atomic E-state index is 11.8. The number of hydrogen-bond acceptors (Lipinski definition) is 4. The van der Waals surface area contributed by atoms with Gasteiger partial charge in [-0.1, -0.05) is 33.6 Å². The number of nitrogens with zero attached hydrogens (tertiary/aromatic N) is 1. The number of carbonyl (C=O) groups excluding carboxylic acids is 1. The van der Waals surface area contributed by atoms with E-state index >= 15 is 0 Å². The molecular weight excluding hydrogens is 368 g/mol. The lowest BCUT2D eigenvalue weighted by Crippen LogP contribution is -2.13. The van der Waals surface area contributed by atoms with Crippen LogP contribution >= 0.6 is 27.5 Å². The molecule has 0 fully saturated rings. The molecule has 0 unspecified atom stereocenters. The fraction of sp³-hybridized carbons (Fsp3) is 0.250. The molecule has 0 spiro atoms. The number of ether oxygens (including phenoxy) is 1. The van der Waals surface area contributed by atoms with Crippen molar-refractivity contribution in [1.82, 2.24) is 4.98 Å². The normalized spacial score (nSPS) is 11.9. The zero-order valence-corrected chi connectivity index (χ0v) is 14.8. The highest BCUT2D eigenvalue weighted by atomic mass is 79.9. The Morgan fingerprint density at radius 3 is 2.73 bits per heavy atom. The predicted molar refractivity (Wildman–Crippen MR) is 91.5 cm³/mol. The van der Waals surface area contributed by atoms with Crippen LogP contribution in [0.2, 0.25) is 5.15 Å². The molecule has 0 amide bonds. The number of nitrogens with one attached hydrogen (secondary N) is 1. The van der Waals surface area contributed by atoms with Crippen molar-refractivity contribution in [2.75, 3.05) is 12.4 Å². The molecule has 1 heterocycles. The van der Waals surface area contributed by atoms with Crippen LogP contribution < -0.4 is 5.32 Å². The van der Waals surface area contributed by atoms with Crippen LogP contribution in [0, 0.1) is 6.92 Å². The Morgan fingerprint density at radius 2 is 2.09 bits per heavy atom. The van der Waals surface area contributed by atoms with E-state index in [2.05, 4.69) is 32.3 Å². The zero-order valence-electron chi connectivity index (χ0n) is 12.5.